The van der Waals surface area contributed by atoms with Gasteiger partial charge in [-0.05, 0) is 0 Å². The summed E-state index contributed by atoms with van der Waals surface area (Å²) in [5, 5.41) is 68.1. The summed E-state index contributed by atoms with van der Waals surface area (Å²) >= 11 is 0. The molecule has 11 heteroatoms. The predicted octanol–water partition coefficient (Wildman–Crippen LogP) is -5.06. The number of hydrogen-bond acceptors (Lipinski definition) is 10. The second kappa shape index (κ2) is 6.69. The molecule has 24 heavy (non-hydrogen) atoms. The number of hydrogen-bond donors (Lipinski definition) is 7. The fourth-order valence-corrected chi connectivity index (χ4v) is 3.32. The standard InChI is InChI=1S/C13H22N2O9/c16-1-4-7(18)8(19)5-3-23-13(15(4)5)14-12-11(22)10(21)9(20)6(2-17)24-12/h4-12,16-22H,1-3H2/b14-13-/t4-,5-,6-,7-,8-,9-,10+,11-,12-/m1/s1. The Bertz CT molecular complexity index is 488. The number of nitrogens with zero attached hydrogens (tertiary/aromatic N) is 2. The van der Waals surface area contributed by atoms with E-state index in [9.17, 15) is 35.7 Å². The minimum atomic E-state index is -1.58. The van der Waals surface area contributed by atoms with Crippen molar-refractivity contribution in [1.82, 2.24) is 4.90 Å². The van der Waals surface area contributed by atoms with Crippen molar-refractivity contribution in [2.75, 3.05) is 19.8 Å². The minimum absolute atomic E-state index is 0.0188. The van der Waals surface area contributed by atoms with Gasteiger partial charge in [-0.15, -0.1) is 0 Å². The van der Waals surface area contributed by atoms with Crippen molar-refractivity contribution in [1.29, 1.82) is 0 Å². The van der Waals surface area contributed by atoms with Gasteiger partial charge in [0.25, 0.3) is 6.02 Å². The number of aliphatic imine (C=N–C) groups is 1. The van der Waals surface area contributed by atoms with Gasteiger partial charge in [0.2, 0.25) is 0 Å². The van der Waals surface area contributed by atoms with Crippen LogP contribution in [0.25, 0.3) is 0 Å². The highest BCUT2D eigenvalue weighted by Gasteiger charge is 2.54. The zero-order valence-corrected chi connectivity index (χ0v) is 12.7. The molecular formula is C13H22N2O9. The smallest absolute Gasteiger partial charge is 0.290 e. The molecule has 0 spiro atoms. The lowest BCUT2D eigenvalue weighted by Gasteiger charge is -2.38. The number of aliphatic hydroxyl groups is 7. The first-order valence-corrected chi connectivity index (χ1v) is 7.67. The van der Waals surface area contributed by atoms with E-state index in [2.05, 4.69) is 4.99 Å². The molecule has 3 saturated heterocycles. The van der Waals surface area contributed by atoms with Crippen molar-refractivity contribution in [3.8, 4) is 0 Å². The molecule has 3 aliphatic rings. The summed E-state index contributed by atoms with van der Waals surface area (Å²) in [7, 11) is 0. The van der Waals surface area contributed by atoms with E-state index in [1.807, 2.05) is 0 Å². The van der Waals surface area contributed by atoms with Crippen molar-refractivity contribution in [2.24, 2.45) is 4.99 Å². The average Bonchev–Trinajstić information content (AvgIpc) is 3.08. The maximum atomic E-state index is 10.0. The van der Waals surface area contributed by atoms with Crippen LogP contribution < -0.4 is 0 Å². The summed E-state index contributed by atoms with van der Waals surface area (Å²) in [5.74, 6) is 0. The molecule has 0 aliphatic carbocycles. The van der Waals surface area contributed by atoms with Crippen LogP contribution in [0.5, 0.6) is 0 Å². The van der Waals surface area contributed by atoms with Crippen LogP contribution >= 0.6 is 0 Å². The third-order valence-corrected chi connectivity index (χ3v) is 4.75. The molecule has 0 aromatic carbocycles. The number of amidine groups is 1. The summed E-state index contributed by atoms with van der Waals surface area (Å²) in [4.78, 5) is 5.44. The summed E-state index contributed by atoms with van der Waals surface area (Å²) in [6.07, 6.45) is -9.41. The number of ether oxygens (including phenoxy) is 2. The second-order valence-electron chi connectivity index (χ2n) is 6.15. The minimum Gasteiger partial charge on any atom is -0.463 e. The van der Waals surface area contributed by atoms with Crippen molar-refractivity contribution >= 4 is 6.02 Å². The lowest BCUT2D eigenvalue weighted by atomic mass is 9.99. The first-order valence-electron chi connectivity index (χ1n) is 7.67. The molecule has 0 saturated carbocycles. The van der Waals surface area contributed by atoms with Gasteiger partial charge in [-0.1, -0.05) is 0 Å². The summed E-state index contributed by atoms with van der Waals surface area (Å²) < 4.78 is 10.6. The molecule has 11 nitrogen and oxygen atoms in total. The number of fused-ring (bicyclic) bond motifs is 1. The highest BCUT2D eigenvalue weighted by Crippen LogP contribution is 2.32. The van der Waals surface area contributed by atoms with Crippen LogP contribution in [0.2, 0.25) is 0 Å². The van der Waals surface area contributed by atoms with E-state index in [-0.39, 0.29) is 12.6 Å². The second-order valence-corrected chi connectivity index (χ2v) is 6.15. The molecule has 0 radical (unpaired) electrons. The average molecular weight is 350 g/mol. The van der Waals surface area contributed by atoms with Crippen molar-refractivity contribution in [2.45, 2.75) is 54.9 Å². The van der Waals surface area contributed by atoms with E-state index in [1.54, 1.807) is 0 Å². The lowest BCUT2D eigenvalue weighted by molar-refractivity contribution is -0.227. The first kappa shape index (κ1) is 17.8. The van der Waals surface area contributed by atoms with Gasteiger partial charge < -0.3 is 50.1 Å². The quantitative estimate of drug-likeness (QED) is 0.261. The first-order chi connectivity index (χ1) is 11.4. The number of aliphatic hydroxyl groups excluding tert-OH is 7. The Morgan fingerprint density at radius 1 is 0.917 bits per heavy atom. The van der Waals surface area contributed by atoms with E-state index in [0.717, 1.165) is 0 Å². The molecule has 9 atom stereocenters. The zero-order valence-electron chi connectivity index (χ0n) is 12.7. The van der Waals surface area contributed by atoms with Gasteiger partial charge in [0.15, 0.2) is 6.23 Å². The molecular weight excluding hydrogens is 328 g/mol. The molecule has 3 fully saturated rings. The van der Waals surface area contributed by atoms with Gasteiger partial charge in [-0.2, -0.15) is 0 Å². The topological polar surface area (TPSA) is 176 Å². The van der Waals surface area contributed by atoms with E-state index in [0.29, 0.717) is 0 Å². The largest absolute Gasteiger partial charge is 0.463 e. The van der Waals surface area contributed by atoms with Gasteiger partial charge in [0.1, 0.15) is 43.2 Å². The van der Waals surface area contributed by atoms with Crippen LogP contribution in [-0.4, -0.2) is 121 Å². The third-order valence-electron chi connectivity index (χ3n) is 4.75. The summed E-state index contributed by atoms with van der Waals surface area (Å²) in [5.41, 5.74) is 0. The van der Waals surface area contributed by atoms with Crippen LogP contribution in [-0.2, 0) is 9.47 Å². The monoisotopic (exact) mass is 350 g/mol. The summed E-state index contributed by atoms with van der Waals surface area (Å²) in [6.45, 7) is -1.02. The van der Waals surface area contributed by atoms with Crippen LogP contribution in [0.4, 0.5) is 0 Å². The van der Waals surface area contributed by atoms with Crippen LogP contribution in [0.3, 0.4) is 0 Å². The Hall–Kier alpha value is -1.05. The normalized spacial score (nSPS) is 50.2. The van der Waals surface area contributed by atoms with E-state index < -0.39 is 68.1 Å². The van der Waals surface area contributed by atoms with Crippen molar-refractivity contribution in [3.05, 3.63) is 0 Å². The van der Waals surface area contributed by atoms with E-state index in [1.165, 1.54) is 4.90 Å². The van der Waals surface area contributed by atoms with Gasteiger partial charge in [0, 0.05) is 0 Å². The molecule has 0 amide bonds. The molecule has 7 N–H and O–H groups in total. The van der Waals surface area contributed by atoms with Gasteiger partial charge >= 0.3 is 0 Å². The maximum absolute atomic E-state index is 10.0. The molecule has 0 bridgehead atoms. The van der Waals surface area contributed by atoms with Gasteiger partial charge in [-0.25, -0.2) is 4.99 Å². The lowest BCUT2D eigenvalue weighted by Crippen LogP contribution is -2.58. The molecule has 3 aliphatic heterocycles. The Morgan fingerprint density at radius 2 is 1.62 bits per heavy atom. The summed E-state index contributed by atoms with van der Waals surface area (Å²) in [6, 6.07) is -1.52. The van der Waals surface area contributed by atoms with E-state index in [4.69, 9.17) is 9.47 Å². The Kier molecular flexibility index (Phi) is 4.95. The predicted molar refractivity (Wildman–Crippen MR) is 75.7 cm³/mol. The molecule has 0 aromatic heterocycles. The fraction of sp³-hybridized carbons (Fsp3) is 0.923. The van der Waals surface area contributed by atoms with Crippen LogP contribution in [0.1, 0.15) is 0 Å². The maximum Gasteiger partial charge on any atom is 0.290 e. The Balaban J connectivity index is 1.83. The highest BCUT2D eigenvalue weighted by molar-refractivity contribution is 5.77. The third kappa shape index (κ3) is 2.66. The SMILES string of the molecule is OC[C@@H]1[C@@H](O)[C@H](O)[C@H]2CO/C(=N\[C@@H]3O[C@H](CO)[C@@H](O)[C@H](O)[C@H]3O)N12. The molecule has 0 unspecified atom stereocenters. The molecule has 3 rings (SSSR count). The van der Waals surface area contributed by atoms with Crippen molar-refractivity contribution < 1.29 is 45.2 Å². The van der Waals surface area contributed by atoms with Crippen molar-refractivity contribution in [3.63, 3.8) is 0 Å². The molecule has 0 aromatic rings. The number of rotatable bonds is 3. The van der Waals surface area contributed by atoms with Gasteiger partial charge in [-0.3, -0.25) is 0 Å². The Labute approximate surface area is 137 Å². The highest BCUT2D eigenvalue weighted by atomic mass is 16.6. The Morgan fingerprint density at radius 3 is 2.25 bits per heavy atom. The molecule has 3 heterocycles. The fourth-order valence-electron chi connectivity index (χ4n) is 3.32. The molecule has 138 valence electrons. The van der Waals surface area contributed by atoms with Gasteiger partial charge in [0.05, 0.1) is 25.3 Å². The van der Waals surface area contributed by atoms with Crippen LogP contribution in [0, 0.1) is 0 Å². The van der Waals surface area contributed by atoms with E-state index >= 15 is 0 Å². The van der Waals surface area contributed by atoms with Crippen LogP contribution in [0.15, 0.2) is 4.99 Å². The zero-order chi connectivity index (χ0) is 17.6.